The van der Waals surface area contributed by atoms with E-state index in [0.717, 1.165) is 22.0 Å². The molecule has 18 nitrogen and oxygen atoms in total. The first-order chi connectivity index (χ1) is 31.6. The SMILES string of the molecule is CCc1c2c(nc3ccc(OC(=O)N4CCN(C(=O)c5cc6cc(-n7c(O)nnc7-c7cc(C(C)C)c(O)cc7O)ccc6n5C)CC4)cc13)-c1cc3c(c(=O)n1C2)COC(=O)C3(O)CC. The van der Waals surface area contributed by atoms with E-state index in [4.69, 9.17) is 14.5 Å². The number of piperazine rings is 1. The molecule has 0 bridgehead atoms. The molecule has 10 rings (SSSR count). The Bertz CT molecular complexity index is 3290. The molecule has 0 aliphatic carbocycles. The number of ether oxygens (including phenoxy) is 2. The summed E-state index contributed by atoms with van der Waals surface area (Å²) in [6.07, 6.45) is 0.0733. The van der Waals surface area contributed by atoms with Crippen LogP contribution in [0.25, 0.3) is 50.3 Å². The largest absolute Gasteiger partial charge is 0.508 e. The fourth-order valence-electron chi connectivity index (χ4n) is 9.63. The quantitative estimate of drug-likeness (QED) is 0.144. The summed E-state index contributed by atoms with van der Waals surface area (Å²) in [5.74, 6) is -0.873. The molecule has 4 aromatic heterocycles. The van der Waals surface area contributed by atoms with Gasteiger partial charge in [-0.25, -0.2) is 19.1 Å². The van der Waals surface area contributed by atoms with E-state index in [1.54, 1.807) is 81.4 Å². The zero-order valence-electron chi connectivity index (χ0n) is 36.8. The van der Waals surface area contributed by atoms with Gasteiger partial charge in [0, 0.05) is 66.7 Å². The van der Waals surface area contributed by atoms with Crippen LogP contribution in [0.3, 0.4) is 0 Å². The van der Waals surface area contributed by atoms with E-state index in [-0.39, 0.29) is 97.1 Å². The molecule has 0 spiro atoms. The van der Waals surface area contributed by atoms with Crippen LogP contribution in [-0.2, 0) is 41.8 Å². The van der Waals surface area contributed by atoms with Crippen LogP contribution in [0, 0.1) is 0 Å². The molecular formula is C48H46N8O10. The number of aromatic hydroxyl groups is 3. The fourth-order valence-corrected chi connectivity index (χ4v) is 9.63. The number of hydrogen-bond acceptors (Lipinski definition) is 13. The minimum atomic E-state index is -1.93. The zero-order chi connectivity index (χ0) is 46.5. The molecule has 1 atom stereocenters. The van der Waals surface area contributed by atoms with Gasteiger partial charge in [0.2, 0.25) is 0 Å². The summed E-state index contributed by atoms with van der Waals surface area (Å²) < 4.78 is 15.9. The Hall–Kier alpha value is -7.73. The first kappa shape index (κ1) is 42.2. The average Bonchev–Trinajstić information content (AvgIpc) is 3.98. The number of nitrogens with zero attached hydrogens (tertiary/aromatic N) is 8. The predicted octanol–water partition coefficient (Wildman–Crippen LogP) is 5.58. The van der Waals surface area contributed by atoms with Crippen LogP contribution in [0.4, 0.5) is 4.79 Å². The second-order valence-electron chi connectivity index (χ2n) is 17.3. The third-order valence-corrected chi connectivity index (χ3v) is 13.3. The third kappa shape index (κ3) is 6.45. The molecule has 18 heteroatoms. The predicted molar refractivity (Wildman–Crippen MR) is 240 cm³/mol. The van der Waals surface area contributed by atoms with Crippen molar-refractivity contribution >= 4 is 39.8 Å². The molecule has 3 aliphatic heterocycles. The standard InChI is InChI=1S/C48H46N8O10/c1-6-28-30-18-27(9-10-35(30)49-41-32(28)22-55-37(41)20-34-33(43(55)59)23-65-45(61)48(34,64)7-2)66-47(63)54-14-12-53(13-15-54)44(60)38-17-25-16-26(8-11-36(25)52(38)5)56-42(50-51-46(56)62)31-19-29(24(3)4)39(57)21-40(31)58/h8-11,16-21,24,57-58,64H,6-7,12-15,22-23H2,1-5H3,(H,51,62). The first-order valence-corrected chi connectivity index (χ1v) is 21.8. The van der Waals surface area contributed by atoms with Gasteiger partial charge in [-0.3, -0.25) is 9.59 Å². The molecule has 0 radical (unpaired) electrons. The van der Waals surface area contributed by atoms with Gasteiger partial charge in [0.25, 0.3) is 11.5 Å². The lowest BCUT2D eigenvalue weighted by molar-refractivity contribution is -0.172. The number of hydrogen-bond donors (Lipinski definition) is 4. The van der Waals surface area contributed by atoms with Crippen LogP contribution in [-0.4, -0.2) is 103 Å². The van der Waals surface area contributed by atoms with Gasteiger partial charge in [-0.1, -0.05) is 32.8 Å². The maximum atomic E-state index is 14.0. The lowest BCUT2D eigenvalue weighted by Crippen LogP contribution is -2.51. The highest BCUT2D eigenvalue weighted by molar-refractivity contribution is 5.99. The van der Waals surface area contributed by atoms with Crippen LogP contribution in [0.1, 0.15) is 78.3 Å². The molecule has 0 saturated carbocycles. The Morgan fingerprint density at radius 1 is 0.894 bits per heavy atom. The molecule has 1 fully saturated rings. The van der Waals surface area contributed by atoms with E-state index in [2.05, 4.69) is 10.2 Å². The third-order valence-electron chi connectivity index (χ3n) is 13.3. The number of fused-ring (bicyclic) bond motifs is 6. The van der Waals surface area contributed by atoms with Crippen molar-refractivity contribution in [1.29, 1.82) is 0 Å². The first-order valence-electron chi connectivity index (χ1n) is 21.8. The van der Waals surface area contributed by atoms with E-state index in [1.165, 1.54) is 10.6 Å². The summed E-state index contributed by atoms with van der Waals surface area (Å²) in [6, 6.07) is 16.4. The van der Waals surface area contributed by atoms with Gasteiger partial charge in [0.15, 0.2) is 11.4 Å². The summed E-state index contributed by atoms with van der Waals surface area (Å²) in [6.45, 7) is 8.51. The van der Waals surface area contributed by atoms with Crippen molar-refractivity contribution in [3.05, 3.63) is 105 Å². The minimum absolute atomic E-state index is 0.0441. The Balaban J connectivity index is 0.845. The lowest BCUT2D eigenvalue weighted by atomic mass is 9.86. The van der Waals surface area contributed by atoms with Crippen LogP contribution in [0.5, 0.6) is 23.3 Å². The number of amides is 2. The number of carbonyl (C=O) groups excluding carboxylic acids is 3. The number of cyclic esters (lactones) is 1. The second kappa shape index (κ2) is 15.5. The van der Waals surface area contributed by atoms with Crippen molar-refractivity contribution in [1.82, 2.24) is 38.7 Å². The Kier molecular flexibility index (Phi) is 9.90. The highest BCUT2D eigenvalue weighted by Crippen LogP contribution is 2.42. The molecule has 2 amide bonds. The van der Waals surface area contributed by atoms with Crippen molar-refractivity contribution in [3.8, 4) is 51.7 Å². The highest BCUT2D eigenvalue weighted by atomic mass is 16.6. The summed E-state index contributed by atoms with van der Waals surface area (Å²) >= 11 is 0. The van der Waals surface area contributed by atoms with Crippen molar-refractivity contribution in [2.45, 2.75) is 65.2 Å². The van der Waals surface area contributed by atoms with Crippen LogP contribution >= 0.6 is 0 Å². The minimum Gasteiger partial charge on any atom is -0.508 e. The Morgan fingerprint density at radius 2 is 1.65 bits per heavy atom. The van der Waals surface area contributed by atoms with Gasteiger partial charge in [-0.05, 0) is 84.5 Å². The molecule has 4 N–H and O–H groups in total. The summed E-state index contributed by atoms with van der Waals surface area (Å²) in [5.41, 5.74) is 4.25. The molecule has 1 saturated heterocycles. The van der Waals surface area contributed by atoms with Crippen molar-refractivity contribution in [2.75, 3.05) is 26.2 Å². The topological polar surface area (TPSA) is 228 Å². The van der Waals surface area contributed by atoms with Crippen LogP contribution in [0.2, 0.25) is 0 Å². The monoisotopic (exact) mass is 894 g/mol. The Morgan fingerprint density at radius 3 is 2.38 bits per heavy atom. The van der Waals surface area contributed by atoms with Crippen molar-refractivity contribution in [2.24, 2.45) is 7.05 Å². The van der Waals surface area contributed by atoms with E-state index in [1.807, 2.05) is 26.8 Å². The number of carbonyl (C=O) groups is 3. The Labute approximate surface area is 376 Å². The van der Waals surface area contributed by atoms with E-state index in [0.29, 0.717) is 51.4 Å². The zero-order valence-corrected chi connectivity index (χ0v) is 36.8. The number of aromatic nitrogens is 6. The number of pyridine rings is 2. The highest BCUT2D eigenvalue weighted by Gasteiger charge is 2.45. The van der Waals surface area contributed by atoms with Gasteiger partial charge >= 0.3 is 18.1 Å². The van der Waals surface area contributed by atoms with Gasteiger partial charge in [-0.2, -0.15) is 0 Å². The summed E-state index contributed by atoms with van der Waals surface area (Å²) in [7, 11) is 1.79. The van der Waals surface area contributed by atoms with Gasteiger partial charge in [-0.15, -0.1) is 5.10 Å². The van der Waals surface area contributed by atoms with Crippen LogP contribution < -0.4 is 10.3 Å². The molecule has 3 aliphatic rings. The molecule has 7 aromatic rings. The molecule has 1 unspecified atom stereocenters. The molecule has 338 valence electrons. The van der Waals surface area contributed by atoms with E-state index >= 15 is 0 Å². The fraction of sp³-hybridized carbons (Fsp3) is 0.312. The second-order valence-corrected chi connectivity index (χ2v) is 17.3. The number of rotatable bonds is 7. The molecule has 7 heterocycles. The van der Waals surface area contributed by atoms with E-state index in [9.17, 15) is 39.6 Å². The maximum absolute atomic E-state index is 14.0. The number of phenolic OH excluding ortho intramolecular Hbond substituents is 2. The smallest absolute Gasteiger partial charge is 0.415 e. The summed E-state index contributed by atoms with van der Waals surface area (Å²) in [4.78, 5) is 62.1. The van der Waals surface area contributed by atoms with Gasteiger partial charge in [0.05, 0.1) is 40.3 Å². The summed E-state index contributed by atoms with van der Waals surface area (Å²) in [5, 5.41) is 52.7. The van der Waals surface area contributed by atoms with Crippen LogP contribution in [0.15, 0.2) is 65.5 Å². The molecular weight excluding hydrogens is 849 g/mol. The average molecular weight is 895 g/mol. The number of phenols is 2. The van der Waals surface area contributed by atoms with Crippen molar-refractivity contribution < 1.29 is 44.3 Å². The number of benzene rings is 3. The normalized spacial score (nSPS) is 16.7. The van der Waals surface area contributed by atoms with E-state index < -0.39 is 23.7 Å². The maximum Gasteiger partial charge on any atom is 0.415 e. The van der Waals surface area contributed by atoms with Crippen molar-refractivity contribution in [3.63, 3.8) is 0 Å². The van der Waals surface area contributed by atoms with Gasteiger partial charge in [0.1, 0.15) is 29.5 Å². The molecule has 66 heavy (non-hydrogen) atoms. The number of esters is 1. The van der Waals surface area contributed by atoms with Gasteiger partial charge < -0.3 is 48.8 Å². The number of aryl methyl sites for hydroxylation is 2. The number of aliphatic hydroxyl groups is 1. The molecule has 3 aromatic carbocycles. The lowest BCUT2D eigenvalue weighted by Gasteiger charge is -2.34.